The smallest absolute Gasteiger partial charge is 0.391 e. The summed E-state index contributed by atoms with van der Waals surface area (Å²) in [6.07, 6.45) is -8.43. The van der Waals surface area contributed by atoms with Crippen LogP contribution in [0, 0.1) is 0 Å². The molecule has 0 spiro atoms. The van der Waals surface area contributed by atoms with Gasteiger partial charge in [-0.05, 0) is 123 Å². The maximum Gasteiger partial charge on any atom is 0.391 e. The van der Waals surface area contributed by atoms with Gasteiger partial charge in [-0.1, -0.05) is 139 Å². The summed E-state index contributed by atoms with van der Waals surface area (Å²) in [5, 5.41) is 5.75. The minimum Gasteiger partial charge on any atom is -0.464 e. The molecule has 9 aromatic rings. The lowest BCUT2D eigenvalue weighted by atomic mass is 9.80. The fourth-order valence-electron chi connectivity index (χ4n) is 13.7. The van der Waals surface area contributed by atoms with Gasteiger partial charge in [-0.3, -0.25) is 38.6 Å². The van der Waals surface area contributed by atoms with E-state index in [0.29, 0.717) is 13.2 Å². The molecular formula is C84H85F3N4O16. The van der Waals surface area contributed by atoms with E-state index in [1.807, 2.05) is 132 Å². The lowest BCUT2D eigenvalue weighted by molar-refractivity contribution is -0.167. The molecule has 0 bridgehead atoms. The van der Waals surface area contributed by atoms with Crippen LogP contribution < -0.4 is 29.6 Å². The molecule has 23 heteroatoms. The molecule has 0 aliphatic carbocycles. The van der Waals surface area contributed by atoms with Gasteiger partial charge in [0.1, 0.15) is 71.3 Å². The van der Waals surface area contributed by atoms with Gasteiger partial charge in [-0.15, -0.1) is 0 Å². The molecule has 0 radical (unpaired) electrons. The molecule has 4 aliphatic heterocycles. The van der Waals surface area contributed by atoms with Crippen LogP contribution in [0.15, 0.2) is 121 Å². The van der Waals surface area contributed by atoms with Gasteiger partial charge in [0.15, 0.2) is 0 Å². The Morgan fingerprint density at radius 3 is 0.925 bits per heavy atom. The Balaban J connectivity index is 1.13. The van der Waals surface area contributed by atoms with Crippen molar-refractivity contribution >= 4 is 90.5 Å². The Bertz CT molecular complexity index is 4810. The zero-order valence-electron chi connectivity index (χ0n) is 62.0. The number of hydrogen-bond acceptors (Lipinski definition) is 16. The number of amides is 6. The quantitative estimate of drug-likeness (QED) is 0.0188. The lowest BCUT2D eigenvalue weighted by Gasteiger charge is -2.35. The van der Waals surface area contributed by atoms with E-state index >= 15 is 32.3 Å². The van der Waals surface area contributed by atoms with Gasteiger partial charge in [0.2, 0.25) is 11.8 Å². The second-order valence-electron chi connectivity index (χ2n) is 31.8. The van der Waals surface area contributed by atoms with Crippen molar-refractivity contribution in [3.05, 3.63) is 166 Å². The average molecular weight is 1460 g/mol. The van der Waals surface area contributed by atoms with Crippen molar-refractivity contribution in [1.82, 2.24) is 20.4 Å². The number of imide groups is 2. The molecule has 558 valence electrons. The highest BCUT2D eigenvalue weighted by Crippen LogP contribution is 2.58. The number of ether oxygens (including phenoxy) is 8. The van der Waals surface area contributed by atoms with Crippen LogP contribution in [0.5, 0.6) is 46.0 Å². The average Bonchev–Trinajstić information content (AvgIpc) is 1.51. The minimum atomic E-state index is -5.21. The first-order valence-corrected chi connectivity index (χ1v) is 35.9. The highest BCUT2D eigenvalue weighted by atomic mass is 19.4. The van der Waals surface area contributed by atoms with Crippen LogP contribution in [0.4, 0.5) is 13.2 Å². The van der Waals surface area contributed by atoms with Crippen LogP contribution in [0.1, 0.15) is 179 Å². The highest BCUT2D eigenvalue weighted by molar-refractivity contribution is 6.45. The lowest BCUT2D eigenvalue weighted by Crippen LogP contribution is -2.52. The van der Waals surface area contributed by atoms with Crippen molar-refractivity contribution in [2.45, 2.75) is 168 Å². The van der Waals surface area contributed by atoms with Crippen molar-refractivity contribution < 1.29 is 89.4 Å². The summed E-state index contributed by atoms with van der Waals surface area (Å²) < 4.78 is 96.0. The number of epoxide rings is 2. The van der Waals surface area contributed by atoms with Crippen LogP contribution in [0.2, 0.25) is 0 Å². The predicted octanol–water partition coefficient (Wildman–Crippen LogP) is 16.3. The third-order valence-corrected chi connectivity index (χ3v) is 19.7. The van der Waals surface area contributed by atoms with Gasteiger partial charge in [0.25, 0.3) is 23.6 Å². The molecule has 4 aliphatic rings. The number of halogens is 3. The van der Waals surface area contributed by atoms with Crippen molar-refractivity contribution in [3.63, 3.8) is 0 Å². The van der Waals surface area contributed by atoms with Crippen LogP contribution >= 0.6 is 0 Å². The van der Waals surface area contributed by atoms with E-state index in [0.717, 1.165) is 27.2 Å². The number of rotatable bonds is 24. The number of esters is 2. The Kier molecular flexibility index (Phi) is 19.7. The third kappa shape index (κ3) is 15.4. The second kappa shape index (κ2) is 28.2. The first-order chi connectivity index (χ1) is 50.4. The molecule has 0 saturated carbocycles. The van der Waals surface area contributed by atoms with Crippen LogP contribution in [-0.4, -0.2) is 127 Å². The summed E-state index contributed by atoms with van der Waals surface area (Å²) in [4.78, 5) is 120. The van der Waals surface area contributed by atoms with E-state index in [2.05, 4.69) is 10.6 Å². The molecule has 0 aromatic heterocycles. The fraction of sp³-hybridized carbons (Fsp3) is 0.381. The molecule has 6 amide bonds. The molecule has 20 nitrogen and oxygen atoms in total. The summed E-state index contributed by atoms with van der Waals surface area (Å²) >= 11 is 0. The van der Waals surface area contributed by atoms with Crippen molar-refractivity contribution in [2.75, 3.05) is 39.5 Å². The standard InChI is InChI=1S/C84H85F3N4O16/c1-14-58(78(98)100-33-31-64(92)88-40-52-42-102-52)90-74(94)54-35-60(104-48-23-15-44(16-24-48)80(2,3)4)68-70-62(106-50-27-19-46(20-28-50)82(8,9)10)37-56-67-57(77(97)91(76(56)96)59(39-84(85,86)87)79(99)101-34-32-65(93)89-41-53-43-103-53)38-63(107-51-29-21-47(22-30-51)83(11,12)13)71(73(67)70)69-61(36-55(75(90)95)66(54)72(68)69)105-49-25-17-45(18-26-49)81(5,6)7/h15-30,35-38,52-53,58-59H,14,31-34,39-43H2,1-13H3,(H,88,92)(H,89,93). The summed E-state index contributed by atoms with van der Waals surface area (Å²) in [6.45, 7) is 26.2. The van der Waals surface area contributed by atoms with Crippen molar-refractivity contribution in [3.8, 4) is 46.0 Å². The van der Waals surface area contributed by atoms with Crippen LogP contribution in [0.25, 0.3) is 43.1 Å². The number of alkyl halides is 3. The molecule has 107 heavy (non-hydrogen) atoms. The first kappa shape index (κ1) is 74.6. The van der Waals surface area contributed by atoms with Crippen molar-refractivity contribution in [1.29, 1.82) is 0 Å². The second-order valence-corrected chi connectivity index (χ2v) is 31.8. The van der Waals surface area contributed by atoms with E-state index in [1.54, 1.807) is 55.5 Å². The third-order valence-electron chi connectivity index (χ3n) is 19.7. The maximum atomic E-state index is 16.1. The number of nitrogens with zero attached hydrogens (tertiary/aromatic N) is 2. The maximum absolute atomic E-state index is 16.1. The summed E-state index contributed by atoms with van der Waals surface area (Å²) in [5.74, 6) is -7.87. The molecule has 4 atom stereocenters. The van der Waals surface area contributed by atoms with Gasteiger partial charge in [-0.2, -0.15) is 13.2 Å². The van der Waals surface area contributed by atoms with Gasteiger partial charge < -0.3 is 48.5 Å². The zero-order chi connectivity index (χ0) is 76.7. The first-order valence-electron chi connectivity index (χ1n) is 35.9. The Morgan fingerprint density at radius 1 is 0.421 bits per heavy atom. The Labute approximate surface area is 616 Å². The van der Waals surface area contributed by atoms with Crippen LogP contribution in [-0.2, 0) is 59.8 Å². The largest absolute Gasteiger partial charge is 0.464 e. The predicted molar refractivity (Wildman–Crippen MR) is 395 cm³/mol. The number of benzene rings is 9. The SMILES string of the molecule is CCC(C(=O)OCCC(=O)NCC1CO1)N1C(=O)c2cc(Oc3ccc(C(C)(C)C)cc3)c3c4c(Oc5ccc(C(C)(C)C)cc5)cc5c6c(cc(Oc7ccc(C(C)(C)C)cc7)c(c7c(Oc8ccc(C(C)(C)C)cc8)cc(c2c37)C1=O)c64)C(=O)N(C(CC(F)(F)F)C(=O)OCCC(=O)NCC1CO1)C5=O. The molecule has 2 saturated heterocycles. The summed E-state index contributed by atoms with van der Waals surface area (Å²) in [7, 11) is 0. The van der Waals surface area contributed by atoms with Crippen molar-refractivity contribution in [2.24, 2.45) is 0 Å². The van der Waals surface area contributed by atoms with E-state index in [4.69, 9.17) is 37.9 Å². The minimum absolute atomic E-state index is 0.0244. The number of nitrogens with one attached hydrogen (secondary N) is 2. The molecule has 4 unspecified atom stereocenters. The normalized spacial score (nSPS) is 16.5. The topological polar surface area (TPSA) is 248 Å². The number of carbonyl (C=O) groups is 8. The molecule has 2 fully saturated rings. The monoisotopic (exact) mass is 1460 g/mol. The Morgan fingerprint density at radius 2 is 0.682 bits per heavy atom. The number of hydrogen-bond donors (Lipinski definition) is 2. The van der Waals surface area contributed by atoms with Gasteiger partial charge >= 0.3 is 18.1 Å². The van der Waals surface area contributed by atoms with E-state index in [-0.39, 0.29) is 172 Å². The Hall–Kier alpha value is -10.6. The molecule has 9 aromatic carbocycles. The van der Waals surface area contributed by atoms with Gasteiger partial charge in [0.05, 0.1) is 66.9 Å². The molecule has 2 N–H and O–H groups in total. The fourth-order valence-corrected chi connectivity index (χ4v) is 13.7. The van der Waals surface area contributed by atoms with E-state index in [9.17, 15) is 19.2 Å². The summed E-state index contributed by atoms with van der Waals surface area (Å²) in [5.41, 5.74) is 1.15. The molecule has 13 rings (SSSR count). The number of fused-ring (bicyclic) bond motifs is 2. The van der Waals surface area contributed by atoms with E-state index < -0.39 is 96.2 Å². The highest BCUT2D eigenvalue weighted by Gasteiger charge is 2.50. The number of carbonyl (C=O) groups excluding carboxylic acids is 8. The van der Waals surface area contributed by atoms with Crippen LogP contribution in [0.3, 0.4) is 0 Å². The van der Waals surface area contributed by atoms with Gasteiger partial charge in [0, 0.05) is 56.2 Å². The summed E-state index contributed by atoms with van der Waals surface area (Å²) in [6, 6.07) is 29.8. The molecule has 4 heterocycles. The van der Waals surface area contributed by atoms with E-state index in [1.165, 1.54) is 24.3 Å². The molecular weight excluding hydrogens is 1380 g/mol. The zero-order valence-corrected chi connectivity index (χ0v) is 62.0. The van der Waals surface area contributed by atoms with Gasteiger partial charge in [-0.25, -0.2) is 9.59 Å².